The van der Waals surface area contributed by atoms with Crippen molar-refractivity contribution in [3.63, 3.8) is 0 Å². The lowest BCUT2D eigenvalue weighted by Gasteiger charge is -2.49. The molecule has 0 aliphatic carbocycles. The number of fused-ring (bicyclic) bond motifs is 3. The summed E-state index contributed by atoms with van der Waals surface area (Å²) in [4.78, 5) is 18.9. The number of rotatable bonds is 5. The molecule has 1 N–H and O–H groups in total. The first-order chi connectivity index (χ1) is 16.4. The quantitative estimate of drug-likeness (QED) is 0.553. The third kappa shape index (κ3) is 4.64. The normalized spacial score (nSPS) is 20.0. The number of carbonyl (C=O) groups is 1. The van der Waals surface area contributed by atoms with Gasteiger partial charge in [-0.15, -0.1) is 11.3 Å². The van der Waals surface area contributed by atoms with Crippen LogP contribution in [-0.2, 0) is 23.8 Å². The molecule has 1 aromatic heterocycles. The van der Waals surface area contributed by atoms with E-state index in [1.165, 1.54) is 10.9 Å². The first-order valence-corrected chi connectivity index (χ1v) is 12.3. The number of hydrogen-bond donors (Lipinski definition) is 1. The molecule has 1 amide bonds. The molecule has 2 aromatic carbocycles. The van der Waals surface area contributed by atoms with E-state index in [1.54, 1.807) is 17.4 Å². The molecule has 1 fully saturated rings. The number of nitrogens with zero attached hydrogens (tertiary/aromatic N) is 2. The molecule has 8 heteroatoms. The Kier molecular flexibility index (Phi) is 6.25. The minimum atomic E-state index is -4.41. The lowest BCUT2D eigenvalue weighted by atomic mass is 9.82. The molecule has 3 heterocycles. The Labute approximate surface area is 201 Å². The molecule has 0 spiro atoms. The second kappa shape index (κ2) is 9.33. The highest BCUT2D eigenvalue weighted by molar-refractivity contribution is 7.09. The largest absolute Gasteiger partial charge is 0.416 e. The topological polar surface area (TPSA) is 35.6 Å². The van der Waals surface area contributed by atoms with Gasteiger partial charge >= 0.3 is 6.18 Å². The number of para-hydroxylation sites is 1. The lowest BCUT2D eigenvalue weighted by Crippen LogP contribution is -2.61. The van der Waals surface area contributed by atoms with E-state index in [9.17, 15) is 18.0 Å². The van der Waals surface area contributed by atoms with Crippen LogP contribution in [0.1, 0.15) is 16.0 Å². The number of piperazine rings is 1. The molecule has 0 bridgehead atoms. The van der Waals surface area contributed by atoms with E-state index in [2.05, 4.69) is 27.2 Å². The minimum absolute atomic E-state index is 0.0930. The molecule has 0 radical (unpaired) electrons. The minimum Gasteiger partial charge on any atom is -0.368 e. The molecule has 2 aliphatic heterocycles. The van der Waals surface area contributed by atoms with Crippen LogP contribution in [0.4, 0.5) is 24.5 Å². The van der Waals surface area contributed by atoms with E-state index in [1.807, 2.05) is 35.7 Å². The third-order valence-electron chi connectivity index (χ3n) is 6.75. The zero-order valence-corrected chi connectivity index (χ0v) is 19.4. The smallest absolute Gasteiger partial charge is 0.368 e. The Hall–Kier alpha value is -3.00. The molecule has 0 unspecified atom stereocenters. The number of halogens is 3. The first-order valence-electron chi connectivity index (χ1n) is 11.5. The summed E-state index contributed by atoms with van der Waals surface area (Å²) in [5, 5.41) is 5.06. The average molecular weight is 486 g/mol. The maximum absolute atomic E-state index is 13.4. The van der Waals surface area contributed by atoms with E-state index < -0.39 is 17.7 Å². The number of carbonyl (C=O) groups excluding carboxylic acids is 1. The summed E-state index contributed by atoms with van der Waals surface area (Å²) >= 11 is 1.65. The Morgan fingerprint density at radius 2 is 1.88 bits per heavy atom. The fourth-order valence-electron chi connectivity index (χ4n) is 5.07. The number of hydrogen-bond acceptors (Lipinski definition) is 4. The van der Waals surface area contributed by atoms with Crippen LogP contribution in [0.2, 0.25) is 0 Å². The summed E-state index contributed by atoms with van der Waals surface area (Å²) in [6.45, 7) is 2.55. The number of thiophene rings is 1. The van der Waals surface area contributed by atoms with Crippen molar-refractivity contribution in [2.75, 3.05) is 36.0 Å². The van der Waals surface area contributed by atoms with Crippen LogP contribution in [0, 0.1) is 5.92 Å². The maximum Gasteiger partial charge on any atom is 0.416 e. The number of benzene rings is 2. The van der Waals surface area contributed by atoms with Gasteiger partial charge in [-0.2, -0.15) is 13.2 Å². The van der Waals surface area contributed by atoms with Crippen molar-refractivity contribution in [3.8, 4) is 0 Å². The molecule has 0 saturated carbocycles. The molecule has 4 nitrogen and oxygen atoms in total. The predicted octanol–water partition coefficient (Wildman–Crippen LogP) is 4.99. The van der Waals surface area contributed by atoms with Crippen molar-refractivity contribution in [2.24, 2.45) is 5.92 Å². The zero-order valence-electron chi connectivity index (χ0n) is 18.6. The Bertz CT molecular complexity index is 1130. The standard InChI is InChI=1S/C26H26F3N3OS/c27-26(28,29)19-8-9-23-18(15-19)16-22(25(33)30-11-10-21-7-4-14-34-21)24-17-31(12-13-32(23)24)20-5-2-1-3-6-20/h1-9,14-15,22,24H,10-13,16-17H2,(H,30,33)/t22-,24+/m0/s1. The highest BCUT2D eigenvalue weighted by Gasteiger charge is 2.42. The van der Waals surface area contributed by atoms with Gasteiger partial charge in [-0.3, -0.25) is 4.79 Å². The van der Waals surface area contributed by atoms with Gasteiger partial charge in [0.25, 0.3) is 0 Å². The molecule has 2 atom stereocenters. The fourth-order valence-corrected chi connectivity index (χ4v) is 5.78. The average Bonchev–Trinajstić information content (AvgIpc) is 3.36. The summed E-state index contributed by atoms with van der Waals surface area (Å²) in [5.74, 6) is -0.518. The second-order valence-corrected chi connectivity index (χ2v) is 9.85. The van der Waals surface area contributed by atoms with Crippen molar-refractivity contribution < 1.29 is 18.0 Å². The fraction of sp³-hybridized carbons (Fsp3) is 0.346. The number of amides is 1. The lowest BCUT2D eigenvalue weighted by molar-refractivity contribution is -0.137. The van der Waals surface area contributed by atoms with Gasteiger partial charge in [0.15, 0.2) is 0 Å². The summed E-state index contributed by atoms with van der Waals surface area (Å²) in [6.07, 6.45) is -3.36. The van der Waals surface area contributed by atoms with Crippen molar-refractivity contribution in [2.45, 2.75) is 25.1 Å². The van der Waals surface area contributed by atoms with Gasteiger partial charge in [-0.05, 0) is 60.2 Å². The SMILES string of the molecule is O=C(NCCc1cccs1)[C@H]1Cc2cc(C(F)(F)F)ccc2N2CCN(c3ccccc3)C[C@H]12. The van der Waals surface area contributed by atoms with Crippen molar-refractivity contribution >= 4 is 28.6 Å². The van der Waals surface area contributed by atoms with Crippen LogP contribution in [0.15, 0.2) is 66.0 Å². The highest BCUT2D eigenvalue weighted by atomic mass is 32.1. The summed E-state index contributed by atoms with van der Waals surface area (Å²) in [7, 11) is 0. The molecule has 178 valence electrons. The van der Waals surface area contributed by atoms with Crippen molar-refractivity contribution in [1.82, 2.24) is 5.32 Å². The van der Waals surface area contributed by atoms with E-state index in [4.69, 9.17) is 0 Å². The van der Waals surface area contributed by atoms with Gasteiger partial charge in [0.2, 0.25) is 5.91 Å². The summed E-state index contributed by atoms with van der Waals surface area (Å²) < 4.78 is 40.2. The summed E-state index contributed by atoms with van der Waals surface area (Å²) in [6, 6.07) is 17.9. The van der Waals surface area contributed by atoms with E-state index in [0.29, 0.717) is 31.6 Å². The first kappa shape index (κ1) is 22.8. The molecular formula is C26H26F3N3OS. The van der Waals surface area contributed by atoms with Crippen LogP contribution in [-0.4, -0.2) is 38.1 Å². The molecular weight excluding hydrogens is 459 g/mol. The van der Waals surface area contributed by atoms with Crippen LogP contribution in [0.3, 0.4) is 0 Å². The molecule has 2 aliphatic rings. The van der Waals surface area contributed by atoms with Crippen LogP contribution >= 0.6 is 11.3 Å². The van der Waals surface area contributed by atoms with E-state index in [-0.39, 0.29) is 11.9 Å². The monoisotopic (exact) mass is 485 g/mol. The second-order valence-electron chi connectivity index (χ2n) is 8.81. The van der Waals surface area contributed by atoms with Gasteiger partial charge in [0, 0.05) is 42.4 Å². The summed E-state index contributed by atoms with van der Waals surface area (Å²) in [5.41, 5.74) is 1.84. The number of alkyl halides is 3. The van der Waals surface area contributed by atoms with Crippen LogP contribution in [0.25, 0.3) is 0 Å². The van der Waals surface area contributed by atoms with Gasteiger partial charge in [0.05, 0.1) is 17.5 Å². The van der Waals surface area contributed by atoms with Gasteiger partial charge < -0.3 is 15.1 Å². The van der Waals surface area contributed by atoms with E-state index in [0.717, 1.165) is 30.4 Å². The molecule has 1 saturated heterocycles. The third-order valence-corrected chi connectivity index (χ3v) is 7.68. The molecule has 3 aromatic rings. The van der Waals surface area contributed by atoms with Crippen molar-refractivity contribution in [1.29, 1.82) is 0 Å². The predicted molar refractivity (Wildman–Crippen MR) is 129 cm³/mol. The zero-order chi connectivity index (χ0) is 23.7. The van der Waals surface area contributed by atoms with Gasteiger partial charge in [0.1, 0.15) is 0 Å². The Morgan fingerprint density at radius 1 is 1.06 bits per heavy atom. The maximum atomic E-state index is 13.4. The van der Waals surface area contributed by atoms with E-state index >= 15 is 0 Å². The molecule has 5 rings (SSSR count). The van der Waals surface area contributed by atoms with Crippen LogP contribution in [0.5, 0.6) is 0 Å². The molecule has 34 heavy (non-hydrogen) atoms. The van der Waals surface area contributed by atoms with Crippen LogP contribution < -0.4 is 15.1 Å². The van der Waals surface area contributed by atoms with Crippen molar-refractivity contribution in [3.05, 3.63) is 82.0 Å². The Balaban J connectivity index is 1.41. The van der Waals surface area contributed by atoms with Gasteiger partial charge in [-0.1, -0.05) is 24.3 Å². The Morgan fingerprint density at radius 3 is 2.62 bits per heavy atom. The van der Waals surface area contributed by atoms with Gasteiger partial charge in [-0.25, -0.2) is 0 Å². The number of anilines is 2. The highest BCUT2D eigenvalue weighted by Crippen LogP contribution is 2.40. The number of nitrogens with one attached hydrogen (secondary N) is 1.